The van der Waals surface area contributed by atoms with Crippen LogP contribution in [0.5, 0.6) is 0 Å². The van der Waals surface area contributed by atoms with Crippen LogP contribution in [0.4, 0.5) is 0 Å². The minimum atomic E-state index is -0.468. The molecule has 1 heterocycles. The Labute approximate surface area is 135 Å². The van der Waals surface area contributed by atoms with Crippen LogP contribution in [0, 0.1) is 0 Å². The third kappa shape index (κ3) is 4.81. The van der Waals surface area contributed by atoms with Gasteiger partial charge in [-0.05, 0) is 12.0 Å². The summed E-state index contributed by atoms with van der Waals surface area (Å²) in [4.78, 5) is 36.4. The van der Waals surface area contributed by atoms with E-state index in [-0.39, 0.29) is 12.5 Å². The Morgan fingerprint density at radius 1 is 1.17 bits per heavy atom. The van der Waals surface area contributed by atoms with Crippen LogP contribution < -0.4 is 0 Å². The lowest BCUT2D eigenvalue weighted by Gasteiger charge is -2.40. The van der Waals surface area contributed by atoms with E-state index < -0.39 is 24.1 Å². The second-order valence-electron chi connectivity index (χ2n) is 5.56. The van der Waals surface area contributed by atoms with Crippen molar-refractivity contribution >= 4 is 17.8 Å². The van der Waals surface area contributed by atoms with E-state index in [1.807, 2.05) is 30.3 Å². The number of benzene rings is 1. The van der Waals surface area contributed by atoms with Crippen LogP contribution in [0.3, 0.4) is 0 Å². The molecular formula is C17H21NO5. The van der Waals surface area contributed by atoms with Gasteiger partial charge in [0.2, 0.25) is 5.91 Å². The third-order valence-corrected chi connectivity index (χ3v) is 3.76. The second-order valence-corrected chi connectivity index (χ2v) is 5.56. The molecule has 124 valence electrons. The maximum absolute atomic E-state index is 12.3. The Kier molecular flexibility index (Phi) is 5.73. The zero-order chi connectivity index (χ0) is 16.8. The van der Waals surface area contributed by atoms with Crippen LogP contribution in [0.25, 0.3) is 0 Å². The van der Waals surface area contributed by atoms with Crippen LogP contribution >= 0.6 is 0 Å². The molecule has 1 aliphatic heterocycles. The first-order chi connectivity index (χ1) is 11.0. The van der Waals surface area contributed by atoms with Crippen molar-refractivity contribution in [3.05, 3.63) is 35.9 Å². The summed E-state index contributed by atoms with van der Waals surface area (Å²) in [5.41, 5.74) is 0.970. The van der Waals surface area contributed by atoms with Gasteiger partial charge in [0.1, 0.15) is 18.8 Å². The number of ether oxygens (including phenoxy) is 2. The van der Waals surface area contributed by atoms with Crippen molar-refractivity contribution in [2.45, 2.75) is 45.4 Å². The summed E-state index contributed by atoms with van der Waals surface area (Å²) in [6, 6.07) is 9.07. The van der Waals surface area contributed by atoms with E-state index in [2.05, 4.69) is 0 Å². The van der Waals surface area contributed by atoms with Gasteiger partial charge in [0.15, 0.2) is 0 Å². The van der Waals surface area contributed by atoms with Gasteiger partial charge in [-0.1, -0.05) is 30.3 Å². The van der Waals surface area contributed by atoms with E-state index in [1.165, 1.54) is 13.8 Å². The highest BCUT2D eigenvalue weighted by atomic mass is 16.6. The molecule has 0 saturated carbocycles. The van der Waals surface area contributed by atoms with Crippen LogP contribution in [-0.2, 0) is 30.4 Å². The second kappa shape index (κ2) is 7.76. The average molecular weight is 319 g/mol. The van der Waals surface area contributed by atoms with Crippen molar-refractivity contribution in [1.29, 1.82) is 0 Å². The zero-order valence-corrected chi connectivity index (χ0v) is 13.4. The number of carbonyl (C=O) groups is 3. The number of amides is 1. The van der Waals surface area contributed by atoms with Crippen LogP contribution in [-0.4, -0.2) is 41.5 Å². The summed E-state index contributed by atoms with van der Waals surface area (Å²) in [7, 11) is 0. The maximum atomic E-state index is 12.3. The summed E-state index contributed by atoms with van der Waals surface area (Å²) in [6.45, 7) is 3.06. The zero-order valence-electron chi connectivity index (χ0n) is 13.4. The molecule has 23 heavy (non-hydrogen) atoms. The molecule has 0 radical (unpaired) electrons. The van der Waals surface area contributed by atoms with Gasteiger partial charge >= 0.3 is 11.9 Å². The number of rotatable bonds is 5. The molecular weight excluding hydrogens is 298 g/mol. The molecule has 1 saturated heterocycles. The summed E-state index contributed by atoms with van der Waals surface area (Å²) in [5, 5.41) is 0. The van der Waals surface area contributed by atoms with Crippen LogP contribution in [0.1, 0.15) is 32.3 Å². The first-order valence-electron chi connectivity index (χ1n) is 7.61. The molecule has 1 aliphatic rings. The van der Waals surface area contributed by atoms with E-state index in [9.17, 15) is 14.4 Å². The number of piperidine rings is 1. The molecule has 1 aromatic rings. The maximum Gasteiger partial charge on any atom is 0.302 e. The largest absolute Gasteiger partial charge is 0.464 e. The van der Waals surface area contributed by atoms with Crippen molar-refractivity contribution in [3.63, 3.8) is 0 Å². The highest BCUT2D eigenvalue weighted by Gasteiger charge is 2.38. The third-order valence-electron chi connectivity index (χ3n) is 3.76. The number of nitrogens with zero attached hydrogens (tertiary/aromatic N) is 1. The smallest absolute Gasteiger partial charge is 0.302 e. The summed E-state index contributed by atoms with van der Waals surface area (Å²) < 4.78 is 10.4. The van der Waals surface area contributed by atoms with Gasteiger partial charge in [-0.15, -0.1) is 0 Å². The predicted octanol–water partition coefficient (Wildman–Crippen LogP) is 1.67. The summed E-state index contributed by atoms with van der Waals surface area (Å²) in [5.74, 6) is -0.865. The van der Waals surface area contributed by atoms with Gasteiger partial charge in [0, 0.05) is 26.8 Å². The molecule has 0 spiro atoms. The van der Waals surface area contributed by atoms with Crippen LogP contribution in [0.15, 0.2) is 30.3 Å². The molecule has 0 N–H and O–H groups in total. The predicted molar refractivity (Wildman–Crippen MR) is 82.2 cm³/mol. The molecule has 1 aromatic carbocycles. The quantitative estimate of drug-likeness (QED) is 0.772. The standard InChI is InChI=1S/C17H21NO5/c1-12(19)22-11-15-16(23-13(2)20)8-9-17(21)18(15)10-14-6-4-3-5-7-14/h3-7,15-16H,8-11H2,1-2H3/t15-,16+/m0/s1. The molecule has 2 atom stereocenters. The van der Waals surface area contributed by atoms with Crippen LogP contribution in [0.2, 0.25) is 0 Å². The van der Waals surface area contributed by atoms with Gasteiger partial charge in [0.25, 0.3) is 0 Å². The Balaban J connectivity index is 2.19. The van der Waals surface area contributed by atoms with E-state index >= 15 is 0 Å². The summed E-state index contributed by atoms with van der Waals surface area (Å²) >= 11 is 0. The molecule has 1 amide bonds. The van der Waals surface area contributed by atoms with E-state index in [4.69, 9.17) is 9.47 Å². The van der Waals surface area contributed by atoms with E-state index in [0.29, 0.717) is 19.4 Å². The molecule has 6 heteroatoms. The van der Waals surface area contributed by atoms with Gasteiger partial charge in [-0.25, -0.2) is 0 Å². The molecule has 0 aliphatic carbocycles. The molecule has 2 rings (SSSR count). The van der Waals surface area contributed by atoms with E-state index in [1.54, 1.807) is 4.90 Å². The van der Waals surface area contributed by atoms with Crippen molar-refractivity contribution in [2.24, 2.45) is 0 Å². The Morgan fingerprint density at radius 2 is 1.87 bits per heavy atom. The fourth-order valence-corrected chi connectivity index (χ4v) is 2.72. The highest BCUT2D eigenvalue weighted by molar-refractivity contribution is 5.78. The lowest BCUT2D eigenvalue weighted by atomic mass is 9.97. The highest BCUT2D eigenvalue weighted by Crippen LogP contribution is 2.24. The van der Waals surface area contributed by atoms with Crippen molar-refractivity contribution in [1.82, 2.24) is 4.90 Å². The van der Waals surface area contributed by atoms with Crippen molar-refractivity contribution in [3.8, 4) is 0 Å². The monoisotopic (exact) mass is 319 g/mol. The molecule has 6 nitrogen and oxygen atoms in total. The minimum absolute atomic E-state index is 0.0197. The number of likely N-dealkylation sites (tertiary alicyclic amines) is 1. The molecule has 1 fully saturated rings. The molecule has 0 unspecified atom stereocenters. The van der Waals surface area contributed by atoms with Gasteiger partial charge in [-0.3, -0.25) is 14.4 Å². The first-order valence-corrected chi connectivity index (χ1v) is 7.61. The fourth-order valence-electron chi connectivity index (χ4n) is 2.72. The number of hydrogen-bond donors (Lipinski definition) is 0. The lowest BCUT2D eigenvalue weighted by molar-refractivity contribution is -0.166. The van der Waals surface area contributed by atoms with Crippen molar-refractivity contribution < 1.29 is 23.9 Å². The van der Waals surface area contributed by atoms with Crippen molar-refractivity contribution in [2.75, 3.05) is 6.61 Å². The number of hydrogen-bond acceptors (Lipinski definition) is 5. The Bertz CT molecular complexity index is 572. The Hall–Kier alpha value is -2.37. The minimum Gasteiger partial charge on any atom is -0.464 e. The average Bonchev–Trinajstić information content (AvgIpc) is 2.50. The fraction of sp³-hybridized carbons (Fsp3) is 0.471. The summed E-state index contributed by atoms with van der Waals surface area (Å²) in [6.07, 6.45) is 0.282. The van der Waals surface area contributed by atoms with Gasteiger partial charge < -0.3 is 14.4 Å². The van der Waals surface area contributed by atoms with Gasteiger partial charge in [0.05, 0.1) is 0 Å². The SMILES string of the molecule is CC(=O)OC[C@H]1[C@H](OC(C)=O)CCC(=O)N1Cc1ccccc1. The lowest BCUT2D eigenvalue weighted by Crippen LogP contribution is -2.54. The van der Waals surface area contributed by atoms with E-state index in [0.717, 1.165) is 5.56 Å². The number of carbonyl (C=O) groups excluding carboxylic acids is 3. The molecule has 0 bridgehead atoms. The van der Waals surface area contributed by atoms with Gasteiger partial charge in [-0.2, -0.15) is 0 Å². The topological polar surface area (TPSA) is 72.9 Å². The Morgan fingerprint density at radius 3 is 2.48 bits per heavy atom. The molecule has 0 aromatic heterocycles. The normalized spacial score (nSPS) is 21.0. The number of esters is 2. The first kappa shape index (κ1) is 17.0.